The van der Waals surface area contributed by atoms with Gasteiger partial charge in [0.15, 0.2) is 5.75 Å². The minimum atomic E-state index is 0.569. The molecule has 1 heterocycles. The third-order valence-corrected chi connectivity index (χ3v) is 2.86. The number of rotatable bonds is 4. The monoisotopic (exact) mass is 208 g/mol. The predicted octanol–water partition coefficient (Wildman–Crippen LogP) is 3.03. The van der Waals surface area contributed by atoms with Gasteiger partial charge in [-0.3, -0.25) is 4.68 Å². The molecule has 0 spiro atoms. The molecule has 1 aliphatic rings. The largest absolute Gasteiger partial charge is 0.490 e. The van der Waals surface area contributed by atoms with E-state index in [2.05, 4.69) is 23.6 Å². The van der Waals surface area contributed by atoms with E-state index in [9.17, 15) is 0 Å². The average molecular weight is 208 g/mol. The maximum atomic E-state index is 5.62. The van der Waals surface area contributed by atoms with Gasteiger partial charge in [-0.25, -0.2) is 0 Å². The fourth-order valence-corrected chi connectivity index (χ4v) is 2.03. The highest BCUT2D eigenvalue weighted by molar-refractivity contribution is 5.12. The third kappa shape index (κ3) is 2.74. The number of aromatic nitrogens is 2. The van der Waals surface area contributed by atoms with Crippen LogP contribution in [-0.2, 0) is 0 Å². The number of hydrogen-bond acceptors (Lipinski definition) is 2. The molecule has 1 fully saturated rings. The van der Waals surface area contributed by atoms with Crippen molar-refractivity contribution in [2.75, 3.05) is 6.61 Å². The molecular weight excluding hydrogens is 188 g/mol. The fraction of sp³-hybridized carbons (Fsp3) is 0.750. The Labute approximate surface area is 91.4 Å². The van der Waals surface area contributed by atoms with Crippen molar-refractivity contribution in [3.05, 3.63) is 12.4 Å². The molecule has 0 amide bonds. The molecule has 0 saturated heterocycles. The zero-order valence-corrected chi connectivity index (χ0v) is 9.65. The number of hydrogen-bond donors (Lipinski definition) is 0. The minimum Gasteiger partial charge on any atom is -0.490 e. The Morgan fingerprint density at radius 2 is 2.20 bits per heavy atom. The van der Waals surface area contributed by atoms with E-state index in [0.29, 0.717) is 12.0 Å². The molecule has 1 aliphatic carbocycles. The SMILES string of the molecule is CC(C)COc1cnn(C2CCCC2)c1. The van der Waals surface area contributed by atoms with Gasteiger partial charge in [-0.1, -0.05) is 26.7 Å². The second kappa shape index (κ2) is 4.69. The summed E-state index contributed by atoms with van der Waals surface area (Å²) in [7, 11) is 0. The molecule has 3 heteroatoms. The van der Waals surface area contributed by atoms with Gasteiger partial charge in [0.25, 0.3) is 0 Å². The maximum Gasteiger partial charge on any atom is 0.157 e. The van der Waals surface area contributed by atoms with Crippen LogP contribution in [0.2, 0.25) is 0 Å². The molecule has 3 nitrogen and oxygen atoms in total. The summed E-state index contributed by atoms with van der Waals surface area (Å²) in [6.45, 7) is 5.08. The van der Waals surface area contributed by atoms with Crippen LogP contribution in [0.3, 0.4) is 0 Å². The van der Waals surface area contributed by atoms with Crippen LogP contribution in [0.25, 0.3) is 0 Å². The minimum absolute atomic E-state index is 0.569. The normalized spacial score (nSPS) is 17.5. The summed E-state index contributed by atoms with van der Waals surface area (Å²) < 4.78 is 7.70. The van der Waals surface area contributed by atoms with E-state index in [1.54, 1.807) is 0 Å². The van der Waals surface area contributed by atoms with E-state index < -0.39 is 0 Å². The van der Waals surface area contributed by atoms with Crippen LogP contribution in [0.4, 0.5) is 0 Å². The van der Waals surface area contributed by atoms with Gasteiger partial charge >= 0.3 is 0 Å². The van der Waals surface area contributed by atoms with Crippen molar-refractivity contribution < 1.29 is 4.74 Å². The van der Waals surface area contributed by atoms with Gasteiger partial charge in [0.05, 0.1) is 25.0 Å². The summed E-state index contributed by atoms with van der Waals surface area (Å²) in [6, 6.07) is 0.612. The smallest absolute Gasteiger partial charge is 0.157 e. The summed E-state index contributed by atoms with van der Waals surface area (Å²) in [6.07, 6.45) is 9.09. The van der Waals surface area contributed by atoms with Crippen molar-refractivity contribution in [3.63, 3.8) is 0 Å². The summed E-state index contributed by atoms with van der Waals surface area (Å²) in [4.78, 5) is 0. The Bertz CT molecular complexity index is 300. The van der Waals surface area contributed by atoms with Crippen molar-refractivity contribution in [1.29, 1.82) is 0 Å². The topological polar surface area (TPSA) is 27.1 Å². The van der Waals surface area contributed by atoms with Gasteiger partial charge in [0, 0.05) is 0 Å². The quantitative estimate of drug-likeness (QED) is 0.760. The molecule has 0 aliphatic heterocycles. The van der Waals surface area contributed by atoms with Crippen molar-refractivity contribution in [3.8, 4) is 5.75 Å². The van der Waals surface area contributed by atoms with Crippen LogP contribution in [0.5, 0.6) is 5.75 Å². The first-order chi connectivity index (χ1) is 7.25. The van der Waals surface area contributed by atoms with E-state index in [-0.39, 0.29) is 0 Å². The van der Waals surface area contributed by atoms with Gasteiger partial charge in [0.2, 0.25) is 0 Å². The number of nitrogens with zero attached hydrogens (tertiary/aromatic N) is 2. The van der Waals surface area contributed by atoms with Gasteiger partial charge in [0.1, 0.15) is 0 Å². The summed E-state index contributed by atoms with van der Waals surface area (Å²) in [5.74, 6) is 1.48. The predicted molar refractivity (Wildman–Crippen MR) is 60.1 cm³/mol. The Balaban J connectivity index is 1.91. The summed E-state index contributed by atoms with van der Waals surface area (Å²) in [5, 5.41) is 4.37. The molecule has 1 aromatic rings. The average Bonchev–Trinajstić information content (AvgIpc) is 2.85. The Morgan fingerprint density at radius 1 is 1.47 bits per heavy atom. The van der Waals surface area contributed by atoms with Crippen LogP contribution in [0.1, 0.15) is 45.6 Å². The lowest BCUT2D eigenvalue weighted by Crippen LogP contribution is -2.05. The maximum absolute atomic E-state index is 5.62. The Morgan fingerprint density at radius 3 is 2.87 bits per heavy atom. The first-order valence-electron chi connectivity index (χ1n) is 5.92. The molecule has 2 rings (SSSR count). The molecule has 0 radical (unpaired) electrons. The molecule has 15 heavy (non-hydrogen) atoms. The van der Waals surface area contributed by atoms with Gasteiger partial charge in [-0.05, 0) is 18.8 Å². The lowest BCUT2D eigenvalue weighted by Gasteiger charge is -2.09. The molecule has 0 N–H and O–H groups in total. The van der Waals surface area contributed by atoms with Crippen molar-refractivity contribution in [2.45, 2.75) is 45.6 Å². The van der Waals surface area contributed by atoms with E-state index in [4.69, 9.17) is 4.74 Å². The van der Waals surface area contributed by atoms with Crippen molar-refractivity contribution >= 4 is 0 Å². The van der Waals surface area contributed by atoms with E-state index >= 15 is 0 Å². The second-order valence-corrected chi connectivity index (χ2v) is 4.80. The van der Waals surface area contributed by atoms with Crippen LogP contribution >= 0.6 is 0 Å². The molecule has 0 unspecified atom stereocenters. The summed E-state index contributed by atoms with van der Waals surface area (Å²) in [5.41, 5.74) is 0. The molecule has 0 aromatic carbocycles. The van der Waals surface area contributed by atoms with Crippen molar-refractivity contribution in [1.82, 2.24) is 9.78 Å². The van der Waals surface area contributed by atoms with Gasteiger partial charge in [-0.2, -0.15) is 5.10 Å². The van der Waals surface area contributed by atoms with Crippen LogP contribution in [0, 0.1) is 5.92 Å². The first-order valence-corrected chi connectivity index (χ1v) is 5.92. The van der Waals surface area contributed by atoms with Crippen LogP contribution < -0.4 is 4.74 Å². The van der Waals surface area contributed by atoms with E-state index in [0.717, 1.165) is 12.4 Å². The summed E-state index contributed by atoms with van der Waals surface area (Å²) >= 11 is 0. The zero-order valence-electron chi connectivity index (χ0n) is 9.65. The molecule has 84 valence electrons. The molecule has 1 saturated carbocycles. The van der Waals surface area contributed by atoms with E-state index in [1.807, 2.05) is 12.4 Å². The van der Waals surface area contributed by atoms with E-state index in [1.165, 1.54) is 25.7 Å². The molecule has 0 atom stereocenters. The van der Waals surface area contributed by atoms with Gasteiger partial charge in [-0.15, -0.1) is 0 Å². The second-order valence-electron chi connectivity index (χ2n) is 4.80. The van der Waals surface area contributed by atoms with Crippen LogP contribution in [0.15, 0.2) is 12.4 Å². The highest BCUT2D eigenvalue weighted by Crippen LogP contribution is 2.29. The van der Waals surface area contributed by atoms with Crippen molar-refractivity contribution in [2.24, 2.45) is 5.92 Å². The Hall–Kier alpha value is -0.990. The lowest BCUT2D eigenvalue weighted by molar-refractivity contribution is 0.270. The van der Waals surface area contributed by atoms with Crippen LogP contribution in [-0.4, -0.2) is 16.4 Å². The number of ether oxygens (including phenoxy) is 1. The molecule has 0 bridgehead atoms. The highest BCUT2D eigenvalue weighted by atomic mass is 16.5. The fourth-order valence-electron chi connectivity index (χ4n) is 2.03. The molecular formula is C12H20N2O. The highest BCUT2D eigenvalue weighted by Gasteiger charge is 2.17. The van der Waals surface area contributed by atoms with Gasteiger partial charge < -0.3 is 4.74 Å². The standard InChI is InChI=1S/C12H20N2O/c1-10(2)9-15-12-7-13-14(8-12)11-5-3-4-6-11/h7-8,10-11H,3-6,9H2,1-2H3. The third-order valence-electron chi connectivity index (χ3n) is 2.86. The Kier molecular flexibility index (Phi) is 3.29. The first kappa shape index (κ1) is 10.5. The molecule has 1 aromatic heterocycles. The zero-order chi connectivity index (χ0) is 10.7. The lowest BCUT2D eigenvalue weighted by atomic mass is 10.2.